The highest BCUT2D eigenvalue weighted by atomic mass is 32.2. The Bertz CT molecular complexity index is 977. The summed E-state index contributed by atoms with van der Waals surface area (Å²) >= 11 is 0. The molecular formula is C16H13NO6S. The van der Waals surface area contributed by atoms with Gasteiger partial charge in [-0.05, 0) is 22.9 Å². The van der Waals surface area contributed by atoms with E-state index < -0.39 is 35.1 Å². The first-order chi connectivity index (χ1) is 11.4. The van der Waals surface area contributed by atoms with E-state index in [1.165, 1.54) is 12.1 Å². The van der Waals surface area contributed by atoms with Crippen LogP contribution in [0.3, 0.4) is 0 Å². The van der Waals surface area contributed by atoms with Gasteiger partial charge in [-0.1, -0.05) is 30.3 Å². The van der Waals surface area contributed by atoms with E-state index in [0.717, 1.165) is 10.8 Å². The molecule has 0 aromatic heterocycles. The van der Waals surface area contributed by atoms with Gasteiger partial charge in [0.05, 0.1) is 9.80 Å². The molecular weight excluding hydrogens is 334 g/mol. The molecule has 0 unspecified atom stereocenters. The molecule has 8 heteroatoms. The van der Waals surface area contributed by atoms with Crippen molar-refractivity contribution in [3.8, 4) is 0 Å². The molecule has 3 rings (SSSR count). The van der Waals surface area contributed by atoms with Crippen molar-refractivity contribution in [1.82, 2.24) is 5.32 Å². The Hall–Kier alpha value is -2.87. The van der Waals surface area contributed by atoms with E-state index in [2.05, 4.69) is 0 Å². The molecule has 24 heavy (non-hydrogen) atoms. The fourth-order valence-electron chi connectivity index (χ4n) is 2.49. The fraction of sp³-hybridized carbons (Fsp3) is 0.125. The van der Waals surface area contributed by atoms with Gasteiger partial charge in [0, 0.05) is 5.56 Å². The second kappa shape index (κ2) is 5.97. The van der Waals surface area contributed by atoms with Crippen molar-refractivity contribution in [2.75, 3.05) is 13.2 Å². The van der Waals surface area contributed by atoms with Gasteiger partial charge in [-0.2, -0.15) is 0 Å². The lowest BCUT2D eigenvalue weighted by Gasteiger charge is -2.07. The van der Waals surface area contributed by atoms with Crippen LogP contribution in [-0.4, -0.2) is 38.7 Å². The number of fused-ring (bicyclic) bond motifs is 3. The largest absolute Gasteiger partial charge is 0.480 e. The molecule has 2 aromatic rings. The molecule has 0 saturated carbocycles. The Morgan fingerprint density at radius 1 is 1.12 bits per heavy atom. The standard InChI is InChI=1S/C16H13NO6S/c18-15(19)8-17-16(20)23-9-11-7-13-12-4-2-1-3-10(12)5-6-14(13)24(11,21)22/h1-7H,8-9H2,(H,17,20)(H,18,19). The number of alkyl carbamates (subject to hydrolysis) is 1. The predicted octanol–water partition coefficient (Wildman–Crippen LogP) is 1.78. The average Bonchev–Trinajstić information content (AvgIpc) is 2.82. The van der Waals surface area contributed by atoms with Crippen LogP contribution < -0.4 is 5.32 Å². The average molecular weight is 347 g/mol. The van der Waals surface area contributed by atoms with Crippen molar-refractivity contribution in [2.24, 2.45) is 0 Å². The predicted molar refractivity (Wildman–Crippen MR) is 86.1 cm³/mol. The summed E-state index contributed by atoms with van der Waals surface area (Å²) in [7, 11) is -3.73. The van der Waals surface area contributed by atoms with Gasteiger partial charge in [0.15, 0.2) is 0 Å². The second-order valence-corrected chi connectivity index (χ2v) is 7.11. The number of hydrogen-bond donors (Lipinski definition) is 2. The van der Waals surface area contributed by atoms with Gasteiger partial charge in [0.1, 0.15) is 13.2 Å². The van der Waals surface area contributed by atoms with Crippen LogP contribution in [0, 0.1) is 0 Å². The first-order valence-corrected chi connectivity index (χ1v) is 8.48. The van der Waals surface area contributed by atoms with Gasteiger partial charge < -0.3 is 15.2 Å². The number of hydrogen-bond acceptors (Lipinski definition) is 5. The van der Waals surface area contributed by atoms with Crippen LogP contribution in [0.15, 0.2) is 46.2 Å². The number of carbonyl (C=O) groups excluding carboxylic acids is 1. The van der Waals surface area contributed by atoms with Crippen LogP contribution in [0.4, 0.5) is 4.79 Å². The zero-order valence-electron chi connectivity index (χ0n) is 12.4. The zero-order chi connectivity index (χ0) is 17.3. The Labute approximate surface area is 137 Å². The SMILES string of the molecule is O=C(O)CNC(=O)OCC1=Cc2c(ccc3ccccc23)S1(=O)=O. The molecule has 0 fully saturated rings. The first kappa shape index (κ1) is 16.0. The van der Waals surface area contributed by atoms with Crippen LogP contribution >= 0.6 is 0 Å². The lowest BCUT2D eigenvalue weighted by molar-refractivity contribution is -0.135. The molecule has 0 aliphatic carbocycles. The third-order valence-electron chi connectivity index (χ3n) is 3.60. The van der Waals surface area contributed by atoms with E-state index in [1.54, 1.807) is 6.07 Å². The van der Waals surface area contributed by atoms with Crippen molar-refractivity contribution in [1.29, 1.82) is 0 Å². The maximum Gasteiger partial charge on any atom is 0.407 e. The quantitative estimate of drug-likeness (QED) is 0.872. The number of sulfone groups is 1. The highest BCUT2D eigenvalue weighted by molar-refractivity contribution is 7.95. The summed E-state index contributed by atoms with van der Waals surface area (Å²) in [6.07, 6.45) is 0.492. The highest BCUT2D eigenvalue weighted by Crippen LogP contribution is 2.37. The fourth-order valence-corrected chi connectivity index (χ4v) is 3.97. The molecule has 0 spiro atoms. The number of ether oxygens (including phenoxy) is 1. The van der Waals surface area contributed by atoms with Crippen molar-refractivity contribution in [3.05, 3.63) is 46.9 Å². The smallest absolute Gasteiger partial charge is 0.407 e. The first-order valence-electron chi connectivity index (χ1n) is 6.99. The summed E-state index contributed by atoms with van der Waals surface area (Å²) in [6, 6.07) is 10.6. The minimum absolute atomic E-state index is 0.0423. The van der Waals surface area contributed by atoms with Gasteiger partial charge >= 0.3 is 12.1 Å². The van der Waals surface area contributed by atoms with E-state index in [0.29, 0.717) is 5.56 Å². The van der Waals surface area contributed by atoms with E-state index in [1.807, 2.05) is 29.6 Å². The number of rotatable bonds is 4. The normalized spacial score (nSPS) is 14.8. The summed E-state index contributed by atoms with van der Waals surface area (Å²) in [5, 5.41) is 12.2. The van der Waals surface area contributed by atoms with Gasteiger partial charge in [-0.15, -0.1) is 0 Å². The molecule has 0 atom stereocenters. The number of nitrogens with one attached hydrogen (secondary N) is 1. The van der Waals surface area contributed by atoms with Crippen LogP contribution in [0.25, 0.3) is 16.8 Å². The molecule has 0 bridgehead atoms. The highest BCUT2D eigenvalue weighted by Gasteiger charge is 2.31. The Balaban J connectivity index is 1.86. The molecule has 2 aromatic carbocycles. The van der Waals surface area contributed by atoms with Crippen molar-refractivity contribution in [2.45, 2.75) is 4.90 Å². The maximum absolute atomic E-state index is 12.5. The number of carbonyl (C=O) groups is 2. The van der Waals surface area contributed by atoms with E-state index in [9.17, 15) is 18.0 Å². The van der Waals surface area contributed by atoms with Gasteiger partial charge in [0.2, 0.25) is 9.84 Å². The van der Waals surface area contributed by atoms with Crippen molar-refractivity contribution >= 4 is 38.7 Å². The summed E-state index contributed by atoms with van der Waals surface area (Å²) < 4.78 is 29.9. The molecule has 124 valence electrons. The van der Waals surface area contributed by atoms with Crippen LogP contribution in [-0.2, 0) is 19.4 Å². The van der Waals surface area contributed by atoms with Crippen molar-refractivity contribution < 1.29 is 27.9 Å². The van der Waals surface area contributed by atoms with Crippen LogP contribution in [0.2, 0.25) is 0 Å². The Morgan fingerprint density at radius 3 is 2.62 bits per heavy atom. The number of aliphatic carboxylic acids is 1. The number of carboxylic acids is 1. The van der Waals surface area contributed by atoms with Gasteiger partial charge in [0.25, 0.3) is 0 Å². The summed E-state index contributed by atoms with van der Waals surface area (Å²) in [5.41, 5.74) is 0.567. The monoisotopic (exact) mass is 347 g/mol. The molecule has 0 saturated heterocycles. The molecule has 1 heterocycles. The topological polar surface area (TPSA) is 110 Å². The van der Waals surface area contributed by atoms with E-state index >= 15 is 0 Å². The summed E-state index contributed by atoms with van der Waals surface area (Å²) in [5.74, 6) is -1.22. The summed E-state index contributed by atoms with van der Waals surface area (Å²) in [6.45, 7) is -1.06. The number of carboxylic acid groups (broad SMARTS) is 1. The third-order valence-corrected chi connectivity index (χ3v) is 5.46. The summed E-state index contributed by atoms with van der Waals surface area (Å²) in [4.78, 5) is 21.9. The molecule has 1 amide bonds. The van der Waals surface area contributed by atoms with E-state index in [-0.39, 0.29) is 9.80 Å². The van der Waals surface area contributed by atoms with E-state index in [4.69, 9.17) is 9.84 Å². The third kappa shape index (κ3) is 2.83. The minimum Gasteiger partial charge on any atom is -0.480 e. The van der Waals surface area contributed by atoms with Crippen LogP contribution in [0.5, 0.6) is 0 Å². The zero-order valence-corrected chi connectivity index (χ0v) is 13.2. The van der Waals surface area contributed by atoms with Gasteiger partial charge in [-0.3, -0.25) is 4.79 Å². The molecule has 0 radical (unpaired) electrons. The Kier molecular flexibility index (Phi) is 3.98. The molecule has 1 aliphatic rings. The lowest BCUT2D eigenvalue weighted by Crippen LogP contribution is -2.30. The molecule has 1 aliphatic heterocycles. The molecule has 7 nitrogen and oxygen atoms in total. The lowest BCUT2D eigenvalue weighted by atomic mass is 10.0. The Morgan fingerprint density at radius 2 is 1.88 bits per heavy atom. The number of benzene rings is 2. The van der Waals surface area contributed by atoms with Crippen molar-refractivity contribution in [3.63, 3.8) is 0 Å². The number of amides is 1. The molecule has 2 N–H and O–H groups in total. The van der Waals surface area contributed by atoms with Crippen LogP contribution in [0.1, 0.15) is 5.56 Å². The van der Waals surface area contributed by atoms with Gasteiger partial charge in [-0.25, -0.2) is 13.2 Å². The minimum atomic E-state index is -3.73. The second-order valence-electron chi connectivity index (χ2n) is 5.14. The maximum atomic E-state index is 12.5.